The van der Waals surface area contributed by atoms with Gasteiger partial charge in [-0.2, -0.15) is 0 Å². The largest absolute Gasteiger partial charge is 1.00 e. The van der Waals surface area contributed by atoms with E-state index in [0.29, 0.717) is 10.8 Å². The third-order valence-electron chi connectivity index (χ3n) is 3.56. The predicted octanol–water partition coefficient (Wildman–Crippen LogP) is -2.77. The average molecular weight is 271 g/mol. The molecule has 0 spiro atoms. The van der Waals surface area contributed by atoms with E-state index in [1.807, 2.05) is 19.1 Å². The molecule has 0 bridgehead atoms. The number of benzene rings is 1. The molecule has 1 saturated carbocycles. The van der Waals surface area contributed by atoms with Crippen LogP contribution in [-0.4, -0.2) is 26.9 Å². The van der Waals surface area contributed by atoms with Crippen LogP contribution in [0.2, 0.25) is 0 Å². The van der Waals surface area contributed by atoms with Crippen LogP contribution in [-0.2, 0) is 16.2 Å². The molecule has 1 aliphatic heterocycles. The van der Waals surface area contributed by atoms with Gasteiger partial charge in [-0.15, -0.1) is 4.31 Å². The minimum absolute atomic E-state index is 0. The van der Waals surface area contributed by atoms with Gasteiger partial charge in [0.05, 0.1) is 23.4 Å². The number of aliphatic carboxylic acids is 1. The number of carboxylic acids is 1. The maximum atomic E-state index is 12.3. The number of carboxylic acid groups (broad SMARTS) is 1. The molecule has 1 aliphatic carbocycles. The van der Waals surface area contributed by atoms with Crippen molar-refractivity contribution < 1.29 is 33.3 Å². The summed E-state index contributed by atoms with van der Waals surface area (Å²) < 4.78 is 13.9. The molecule has 2 fully saturated rings. The zero-order chi connectivity index (χ0) is 12.9. The van der Waals surface area contributed by atoms with E-state index < -0.39 is 23.4 Å². The Morgan fingerprint density at radius 3 is 2.37 bits per heavy atom. The summed E-state index contributed by atoms with van der Waals surface area (Å²) in [7, 11) is 0. The molecule has 19 heavy (non-hydrogen) atoms. The maximum Gasteiger partial charge on any atom is 1.00 e. The molecule has 0 amide bonds. The number of hydrogen-bond acceptors (Lipinski definition) is 4. The summed E-state index contributed by atoms with van der Waals surface area (Å²) in [6.07, 6.45) is 2.08. The zero-order valence-electron chi connectivity index (χ0n) is 11.0. The molecule has 2 unspecified atom stereocenters. The Balaban J connectivity index is 0.00000133. The quantitative estimate of drug-likeness (QED) is 0.338. The van der Waals surface area contributed by atoms with Crippen LogP contribution < -0.4 is 24.0 Å². The standard InChI is InChI=1S/C13H15NO3S.Li/c1-8-2-6-10(7-3-8)18(17)14-11(9-4-5-9)12(14)13(15)16;/h2-3,6-7,9,11-12H,4-5H2,1H3,(H,15,16);/q;+1/p-1/t11-,12-,14?,18?;/m1./s1. The number of rotatable bonds is 4. The van der Waals surface area contributed by atoms with Gasteiger partial charge in [-0.1, -0.05) is 17.7 Å². The van der Waals surface area contributed by atoms with Gasteiger partial charge in [0.2, 0.25) is 0 Å². The molecule has 96 valence electrons. The van der Waals surface area contributed by atoms with Gasteiger partial charge in [0.25, 0.3) is 0 Å². The molecule has 1 heterocycles. The van der Waals surface area contributed by atoms with Crippen molar-refractivity contribution in [3.05, 3.63) is 29.8 Å². The zero-order valence-corrected chi connectivity index (χ0v) is 11.9. The average Bonchev–Trinajstić information content (AvgIpc) is 3.20. The second kappa shape index (κ2) is 5.51. The van der Waals surface area contributed by atoms with Crippen LogP contribution >= 0.6 is 0 Å². The molecular formula is C13H14LiNO3S. The van der Waals surface area contributed by atoms with Gasteiger partial charge in [0, 0.05) is 0 Å². The molecule has 6 heteroatoms. The Morgan fingerprint density at radius 1 is 1.32 bits per heavy atom. The molecule has 4 nitrogen and oxygen atoms in total. The Morgan fingerprint density at radius 2 is 1.89 bits per heavy atom. The number of nitrogens with zero attached hydrogens (tertiary/aromatic N) is 1. The van der Waals surface area contributed by atoms with Crippen molar-refractivity contribution in [1.29, 1.82) is 0 Å². The first-order valence-electron chi connectivity index (χ1n) is 6.07. The number of carbonyl (C=O) groups is 1. The van der Waals surface area contributed by atoms with E-state index >= 15 is 0 Å². The Bertz CT molecular complexity index is 477. The summed E-state index contributed by atoms with van der Waals surface area (Å²) in [6, 6.07) is 6.60. The van der Waals surface area contributed by atoms with Gasteiger partial charge in [-0.3, -0.25) is 0 Å². The molecule has 0 aromatic heterocycles. The third kappa shape index (κ3) is 2.86. The molecule has 1 aromatic carbocycles. The summed E-state index contributed by atoms with van der Waals surface area (Å²) in [4.78, 5) is 11.7. The second-order valence-corrected chi connectivity index (χ2v) is 6.41. The van der Waals surface area contributed by atoms with Crippen molar-refractivity contribution in [3.63, 3.8) is 0 Å². The predicted molar refractivity (Wildman–Crippen MR) is 64.7 cm³/mol. The summed E-state index contributed by atoms with van der Waals surface area (Å²) in [5.41, 5.74) is 1.09. The normalized spacial score (nSPS) is 30.3. The smallest absolute Gasteiger partial charge is 0.593 e. The fourth-order valence-corrected chi connectivity index (χ4v) is 3.85. The summed E-state index contributed by atoms with van der Waals surface area (Å²) >= 11 is -1.38. The first kappa shape index (κ1) is 15.0. The number of carbonyl (C=O) groups excluding carboxylic acids is 1. The Hall–Kier alpha value is -0.443. The molecular weight excluding hydrogens is 257 g/mol. The van der Waals surface area contributed by atoms with Crippen molar-refractivity contribution in [1.82, 2.24) is 4.31 Å². The summed E-state index contributed by atoms with van der Waals surface area (Å²) in [5, 5.41) is 11.0. The van der Waals surface area contributed by atoms with Gasteiger partial charge in [-0.05, 0) is 37.8 Å². The van der Waals surface area contributed by atoms with E-state index in [4.69, 9.17) is 0 Å². The van der Waals surface area contributed by atoms with Crippen LogP contribution in [0.25, 0.3) is 0 Å². The van der Waals surface area contributed by atoms with Crippen molar-refractivity contribution in [2.75, 3.05) is 0 Å². The van der Waals surface area contributed by atoms with Crippen LogP contribution in [0, 0.1) is 12.8 Å². The van der Waals surface area contributed by atoms with Crippen LogP contribution in [0.3, 0.4) is 0 Å². The van der Waals surface area contributed by atoms with Gasteiger partial charge >= 0.3 is 18.9 Å². The van der Waals surface area contributed by atoms with E-state index in [1.165, 1.54) is 0 Å². The van der Waals surface area contributed by atoms with Crippen molar-refractivity contribution in [2.45, 2.75) is 36.7 Å². The molecule has 4 atom stereocenters. The first-order valence-corrected chi connectivity index (χ1v) is 7.18. The molecule has 1 saturated heterocycles. The number of aryl methyl sites for hydroxylation is 1. The Kier molecular flexibility index (Phi) is 4.34. The van der Waals surface area contributed by atoms with Crippen LogP contribution in [0.4, 0.5) is 0 Å². The first-order chi connectivity index (χ1) is 8.59. The summed E-state index contributed by atoms with van der Waals surface area (Å²) in [6.45, 7) is 1.96. The fourth-order valence-electron chi connectivity index (χ4n) is 2.37. The monoisotopic (exact) mass is 271 g/mol. The number of hydrogen-bond donors (Lipinski definition) is 0. The van der Waals surface area contributed by atoms with Crippen molar-refractivity contribution in [3.8, 4) is 0 Å². The molecule has 0 N–H and O–H groups in total. The van der Waals surface area contributed by atoms with E-state index in [9.17, 15) is 14.5 Å². The maximum absolute atomic E-state index is 12.3. The van der Waals surface area contributed by atoms with Gasteiger partial charge in [0.15, 0.2) is 4.90 Å². The van der Waals surface area contributed by atoms with Crippen LogP contribution in [0.15, 0.2) is 29.2 Å². The van der Waals surface area contributed by atoms with E-state index in [1.54, 1.807) is 16.4 Å². The van der Waals surface area contributed by atoms with Crippen molar-refractivity contribution in [2.24, 2.45) is 5.92 Å². The SMILES string of the molecule is Cc1ccc([S+]([O-])N2[C@H](C3CC3)[C@@H]2C(=O)[O-])cc1.[Li+]. The van der Waals surface area contributed by atoms with E-state index in [0.717, 1.165) is 18.4 Å². The van der Waals surface area contributed by atoms with Crippen molar-refractivity contribution >= 4 is 17.3 Å². The fraction of sp³-hybridized carbons (Fsp3) is 0.462. The van der Waals surface area contributed by atoms with E-state index in [-0.39, 0.29) is 24.9 Å². The molecule has 1 aromatic rings. The topological polar surface area (TPSA) is 66.2 Å². The second-order valence-electron chi connectivity index (χ2n) is 5.01. The molecule has 3 rings (SSSR count). The molecule has 0 radical (unpaired) electrons. The molecule has 2 aliphatic rings. The van der Waals surface area contributed by atoms with Gasteiger partial charge in [-0.25, -0.2) is 0 Å². The van der Waals surface area contributed by atoms with E-state index in [2.05, 4.69) is 0 Å². The Labute approximate surface area is 127 Å². The van der Waals surface area contributed by atoms with Crippen LogP contribution in [0.1, 0.15) is 18.4 Å². The van der Waals surface area contributed by atoms with Gasteiger partial charge < -0.3 is 14.5 Å². The third-order valence-corrected chi connectivity index (χ3v) is 5.09. The van der Waals surface area contributed by atoms with Gasteiger partial charge in [0.1, 0.15) is 6.04 Å². The summed E-state index contributed by atoms with van der Waals surface area (Å²) in [5.74, 6) is -0.713. The van der Waals surface area contributed by atoms with Crippen LogP contribution in [0.5, 0.6) is 0 Å². The minimum Gasteiger partial charge on any atom is -0.593 e. The minimum atomic E-state index is -1.38.